The lowest BCUT2D eigenvalue weighted by Crippen LogP contribution is -2.26. The third kappa shape index (κ3) is 4.17. The Bertz CT molecular complexity index is 810. The molecule has 0 fully saturated rings. The van der Waals surface area contributed by atoms with Crippen LogP contribution in [0.2, 0.25) is 0 Å². The number of benzene rings is 1. The van der Waals surface area contributed by atoms with Gasteiger partial charge in [-0.3, -0.25) is 0 Å². The zero-order chi connectivity index (χ0) is 19.5. The molecule has 1 aliphatic heterocycles. The van der Waals surface area contributed by atoms with Gasteiger partial charge in [0.1, 0.15) is 28.8 Å². The number of nitriles is 1. The van der Waals surface area contributed by atoms with Crippen molar-refractivity contribution in [3.63, 3.8) is 0 Å². The molecule has 0 saturated carbocycles. The first-order chi connectivity index (χ1) is 12.2. The molecule has 26 heavy (non-hydrogen) atoms. The number of hydrogen-bond donors (Lipinski definition) is 1. The lowest BCUT2D eigenvalue weighted by molar-refractivity contribution is -0.139. The van der Waals surface area contributed by atoms with Crippen LogP contribution in [-0.2, 0) is 14.3 Å². The fourth-order valence-corrected chi connectivity index (χ4v) is 2.80. The second-order valence-corrected chi connectivity index (χ2v) is 6.90. The van der Waals surface area contributed by atoms with E-state index in [4.69, 9.17) is 19.9 Å². The van der Waals surface area contributed by atoms with Crippen LogP contribution in [0.5, 0.6) is 5.75 Å². The molecule has 1 unspecified atom stereocenters. The standard InChI is InChI=1S/C20H24N2O4/c1-6-24-19(23)16-12(2)25-18(22)15(11-21)17(16)13-8-7-9-14(10-13)26-20(3,4)5/h7-10,17H,6,22H2,1-5H3. The molecule has 2 rings (SSSR count). The Morgan fingerprint density at radius 2 is 2.08 bits per heavy atom. The van der Waals surface area contributed by atoms with Crippen molar-refractivity contribution in [2.24, 2.45) is 5.73 Å². The van der Waals surface area contributed by atoms with Crippen LogP contribution in [0.25, 0.3) is 0 Å². The van der Waals surface area contributed by atoms with E-state index in [0.717, 1.165) is 0 Å². The summed E-state index contributed by atoms with van der Waals surface area (Å²) in [4.78, 5) is 12.5. The molecule has 0 saturated heterocycles. The lowest BCUT2D eigenvalue weighted by Gasteiger charge is -2.27. The normalized spacial score (nSPS) is 17.5. The van der Waals surface area contributed by atoms with Gasteiger partial charge in [0, 0.05) is 0 Å². The summed E-state index contributed by atoms with van der Waals surface area (Å²) < 4.78 is 16.5. The van der Waals surface area contributed by atoms with Gasteiger partial charge < -0.3 is 19.9 Å². The molecule has 2 N–H and O–H groups in total. The van der Waals surface area contributed by atoms with Crippen molar-refractivity contribution in [2.75, 3.05) is 6.61 Å². The number of allylic oxidation sites excluding steroid dienone is 2. The van der Waals surface area contributed by atoms with Crippen LogP contribution < -0.4 is 10.5 Å². The smallest absolute Gasteiger partial charge is 0.338 e. The van der Waals surface area contributed by atoms with Crippen LogP contribution in [0, 0.1) is 11.3 Å². The second-order valence-electron chi connectivity index (χ2n) is 6.90. The van der Waals surface area contributed by atoms with E-state index in [1.165, 1.54) is 0 Å². The second kappa shape index (κ2) is 7.52. The van der Waals surface area contributed by atoms with Crippen LogP contribution in [0.15, 0.2) is 47.1 Å². The maximum atomic E-state index is 12.5. The summed E-state index contributed by atoms with van der Waals surface area (Å²) in [7, 11) is 0. The van der Waals surface area contributed by atoms with E-state index in [1.54, 1.807) is 19.9 Å². The lowest BCUT2D eigenvalue weighted by atomic mass is 9.83. The van der Waals surface area contributed by atoms with Gasteiger partial charge in [0.2, 0.25) is 5.88 Å². The average Bonchev–Trinajstić information content (AvgIpc) is 2.53. The molecule has 0 bridgehead atoms. The van der Waals surface area contributed by atoms with Gasteiger partial charge in [-0.1, -0.05) is 12.1 Å². The molecule has 138 valence electrons. The van der Waals surface area contributed by atoms with Gasteiger partial charge in [0.15, 0.2) is 0 Å². The number of carbonyl (C=O) groups excluding carboxylic acids is 1. The molecule has 1 aromatic carbocycles. The Morgan fingerprint density at radius 1 is 1.38 bits per heavy atom. The Balaban J connectivity index is 2.57. The minimum atomic E-state index is -0.670. The van der Waals surface area contributed by atoms with Crippen molar-refractivity contribution in [3.8, 4) is 11.8 Å². The molecule has 1 heterocycles. The molecule has 0 amide bonds. The number of carbonyl (C=O) groups is 1. The van der Waals surface area contributed by atoms with Crippen molar-refractivity contribution in [1.82, 2.24) is 0 Å². The van der Waals surface area contributed by atoms with Crippen molar-refractivity contribution < 1.29 is 19.0 Å². The van der Waals surface area contributed by atoms with E-state index in [-0.39, 0.29) is 29.2 Å². The summed E-state index contributed by atoms with van der Waals surface area (Å²) >= 11 is 0. The van der Waals surface area contributed by atoms with Crippen molar-refractivity contribution in [1.29, 1.82) is 5.26 Å². The first-order valence-corrected chi connectivity index (χ1v) is 8.42. The molecule has 1 aliphatic rings. The first-order valence-electron chi connectivity index (χ1n) is 8.42. The zero-order valence-corrected chi connectivity index (χ0v) is 15.8. The monoisotopic (exact) mass is 356 g/mol. The largest absolute Gasteiger partial charge is 0.488 e. The predicted molar refractivity (Wildman–Crippen MR) is 96.8 cm³/mol. The molecule has 1 aromatic rings. The van der Waals surface area contributed by atoms with Gasteiger partial charge in [0.05, 0.1) is 18.1 Å². The Kier molecular flexibility index (Phi) is 5.61. The van der Waals surface area contributed by atoms with Gasteiger partial charge in [-0.15, -0.1) is 0 Å². The molecule has 0 aliphatic carbocycles. The highest BCUT2D eigenvalue weighted by atomic mass is 16.5. The summed E-state index contributed by atoms with van der Waals surface area (Å²) in [5, 5.41) is 9.59. The molecular formula is C20H24N2O4. The van der Waals surface area contributed by atoms with E-state index in [0.29, 0.717) is 17.1 Å². The van der Waals surface area contributed by atoms with Gasteiger partial charge in [-0.25, -0.2) is 4.79 Å². The van der Waals surface area contributed by atoms with Gasteiger partial charge in [-0.05, 0) is 52.3 Å². The molecule has 0 radical (unpaired) electrons. The highest BCUT2D eigenvalue weighted by Gasteiger charge is 2.36. The first kappa shape index (κ1) is 19.4. The van der Waals surface area contributed by atoms with Crippen LogP contribution in [-0.4, -0.2) is 18.2 Å². The molecule has 0 spiro atoms. The minimum absolute atomic E-state index is 0.00908. The van der Waals surface area contributed by atoms with E-state index < -0.39 is 11.9 Å². The molecule has 6 heteroatoms. The van der Waals surface area contributed by atoms with Crippen LogP contribution >= 0.6 is 0 Å². The van der Waals surface area contributed by atoms with Crippen LogP contribution in [0.4, 0.5) is 0 Å². The molecule has 1 atom stereocenters. The zero-order valence-electron chi connectivity index (χ0n) is 15.8. The number of nitrogens with two attached hydrogens (primary N) is 1. The summed E-state index contributed by atoms with van der Waals surface area (Å²) in [6, 6.07) is 9.33. The predicted octanol–water partition coefficient (Wildman–Crippen LogP) is 3.51. The number of ether oxygens (including phenoxy) is 3. The third-order valence-corrected chi connectivity index (χ3v) is 3.72. The van der Waals surface area contributed by atoms with Crippen molar-refractivity contribution >= 4 is 5.97 Å². The van der Waals surface area contributed by atoms with Crippen molar-refractivity contribution in [3.05, 3.63) is 52.6 Å². The fourth-order valence-electron chi connectivity index (χ4n) is 2.80. The highest BCUT2D eigenvalue weighted by molar-refractivity contribution is 5.92. The molecule has 6 nitrogen and oxygen atoms in total. The maximum absolute atomic E-state index is 12.5. The van der Waals surface area contributed by atoms with Gasteiger partial charge >= 0.3 is 5.97 Å². The van der Waals surface area contributed by atoms with E-state index in [2.05, 4.69) is 6.07 Å². The average molecular weight is 356 g/mol. The summed E-state index contributed by atoms with van der Waals surface area (Å²) in [5.41, 5.74) is 6.67. The topological polar surface area (TPSA) is 94.6 Å². The quantitative estimate of drug-likeness (QED) is 0.830. The van der Waals surface area contributed by atoms with Crippen LogP contribution in [0.3, 0.4) is 0 Å². The summed E-state index contributed by atoms with van der Waals surface area (Å²) in [6.45, 7) is 9.41. The fraction of sp³-hybridized carbons (Fsp3) is 0.400. The van der Waals surface area contributed by atoms with E-state index in [1.807, 2.05) is 39.0 Å². The van der Waals surface area contributed by atoms with E-state index >= 15 is 0 Å². The Morgan fingerprint density at radius 3 is 2.65 bits per heavy atom. The Hall–Kier alpha value is -2.94. The molecular weight excluding hydrogens is 332 g/mol. The minimum Gasteiger partial charge on any atom is -0.488 e. The van der Waals surface area contributed by atoms with Gasteiger partial charge in [0.25, 0.3) is 0 Å². The Labute approximate surface area is 153 Å². The SMILES string of the molecule is CCOC(=O)C1=C(C)OC(N)=C(C#N)C1c1cccc(OC(C)(C)C)c1. The summed E-state index contributed by atoms with van der Waals surface area (Å²) in [5.74, 6) is -0.246. The third-order valence-electron chi connectivity index (χ3n) is 3.72. The van der Waals surface area contributed by atoms with Crippen LogP contribution in [0.1, 0.15) is 46.1 Å². The molecule has 0 aromatic heterocycles. The summed E-state index contributed by atoms with van der Waals surface area (Å²) in [6.07, 6.45) is 0. The number of nitrogens with zero attached hydrogens (tertiary/aromatic N) is 1. The maximum Gasteiger partial charge on any atom is 0.338 e. The van der Waals surface area contributed by atoms with Crippen molar-refractivity contribution in [2.45, 2.75) is 46.1 Å². The number of esters is 1. The number of hydrogen-bond acceptors (Lipinski definition) is 6. The van der Waals surface area contributed by atoms with Gasteiger partial charge in [-0.2, -0.15) is 5.26 Å². The highest BCUT2D eigenvalue weighted by Crippen LogP contribution is 2.40. The van der Waals surface area contributed by atoms with E-state index in [9.17, 15) is 10.1 Å². The number of rotatable bonds is 4.